The molecule has 316 valence electrons. The number of halogens is 7. The Labute approximate surface area is 323 Å². The number of sulfonamides is 2. The number of aromatic nitrogens is 4. The number of hydrogen-bond donors (Lipinski definition) is 4. The molecule has 0 saturated carbocycles. The molecule has 18 nitrogen and oxygen atoms in total. The summed E-state index contributed by atoms with van der Waals surface area (Å²) < 4.78 is 130. The Morgan fingerprint density at radius 2 is 1.11 bits per heavy atom. The maximum Gasteiger partial charge on any atom is 0.449 e. The SMILES string of the molecule is CS(=O)(=O)N1CCC(C(=O)Nc2nc(C(F)(F)F)n3c2CN(C(=O)O)CC3)CC1.CS(=O)(=O)N1CCC(C(=O)Nc2nc(C(F)(F)F)n3c2CNCC3)CC1.Cl. The van der Waals surface area contributed by atoms with E-state index in [1.54, 1.807) is 0 Å². The standard InChI is InChI=1S/C15H20F3N5O5S.C14H20F3N5O3S.ClH/c1-29(27,28)22-4-2-9(3-5-22)12(24)19-11-10-8-21(14(25)26)6-7-23(10)13(20-11)15(16,17)18;1-26(24,25)21-5-2-9(3-6-21)12(23)19-11-10-8-18-4-7-22(10)13(20-11)14(15,16)17;/h9H,2-8H2,1H3,(H,19,24)(H,25,26);9,18H,2-8H2,1H3,(H,19,23);1H. The second-order valence-electron chi connectivity index (χ2n) is 13.5. The van der Waals surface area contributed by atoms with Crippen LogP contribution in [0.5, 0.6) is 0 Å². The van der Waals surface area contributed by atoms with Crippen LogP contribution >= 0.6 is 12.4 Å². The predicted molar refractivity (Wildman–Crippen MR) is 187 cm³/mol. The highest BCUT2D eigenvalue weighted by Gasteiger charge is 2.42. The van der Waals surface area contributed by atoms with Crippen LogP contribution < -0.4 is 16.0 Å². The summed E-state index contributed by atoms with van der Waals surface area (Å²) in [6.45, 7) is 0.722. The van der Waals surface area contributed by atoms with Gasteiger partial charge in [0.05, 0.1) is 30.4 Å². The summed E-state index contributed by atoms with van der Waals surface area (Å²) in [4.78, 5) is 44.3. The number of carbonyl (C=O) groups is 3. The molecule has 3 amide bonds. The maximum atomic E-state index is 13.3. The van der Waals surface area contributed by atoms with Gasteiger partial charge in [-0.05, 0) is 25.7 Å². The van der Waals surface area contributed by atoms with Gasteiger partial charge in [0, 0.05) is 70.7 Å². The Bertz CT molecular complexity index is 2010. The molecule has 4 aliphatic heterocycles. The number of carboxylic acid groups (broad SMARTS) is 1. The van der Waals surface area contributed by atoms with Crippen molar-refractivity contribution in [2.75, 3.05) is 62.4 Å². The highest BCUT2D eigenvalue weighted by Crippen LogP contribution is 2.35. The van der Waals surface area contributed by atoms with Gasteiger partial charge in [-0.2, -0.15) is 26.3 Å². The summed E-state index contributed by atoms with van der Waals surface area (Å²) in [6, 6.07) is 0. The average Bonchev–Trinajstić information content (AvgIpc) is 3.66. The van der Waals surface area contributed by atoms with Gasteiger partial charge >= 0.3 is 18.4 Å². The molecule has 56 heavy (non-hydrogen) atoms. The fourth-order valence-electron chi connectivity index (χ4n) is 6.81. The minimum atomic E-state index is -4.76. The molecule has 4 aliphatic rings. The van der Waals surface area contributed by atoms with Crippen LogP contribution in [0.15, 0.2) is 0 Å². The fraction of sp³-hybridized carbons (Fsp3) is 0.690. The Hall–Kier alpha value is -3.72. The first-order chi connectivity index (χ1) is 25.4. The first-order valence-electron chi connectivity index (χ1n) is 17.0. The lowest BCUT2D eigenvalue weighted by Crippen LogP contribution is -2.41. The van der Waals surface area contributed by atoms with E-state index < -0.39 is 73.8 Å². The second-order valence-corrected chi connectivity index (χ2v) is 17.5. The van der Waals surface area contributed by atoms with Gasteiger partial charge in [0.1, 0.15) is 0 Å². The third-order valence-corrected chi connectivity index (χ3v) is 12.3. The molecule has 4 N–H and O–H groups in total. The number of fused-ring (bicyclic) bond motifs is 2. The summed E-state index contributed by atoms with van der Waals surface area (Å²) in [6.07, 6.45) is -7.38. The molecule has 27 heteroatoms. The first kappa shape index (κ1) is 45.0. The number of alkyl halides is 6. The van der Waals surface area contributed by atoms with E-state index in [1.807, 2.05) is 0 Å². The normalized spacial score (nSPS) is 19.2. The van der Waals surface area contributed by atoms with E-state index >= 15 is 0 Å². The number of rotatable bonds is 6. The van der Waals surface area contributed by atoms with Crippen LogP contribution in [0.3, 0.4) is 0 Å². The first-order valence-corrected chi connectivity index (χ1v) is 20.7. The van der Waals surface area contributed by atoms with Crippen LogP contribution in [0.2, 0.25) is 0 Å². The summed E-state index contributed by atoms with van der Waals surface area (Å²) in [5.74, 6) is -4.66. The summed E-state index contributed by atoms with van der Waals surface area (Å²) in [5, 5.41) is 17.0. The van der Waals surface area contributed by atoms with Gasteiger partial charge in [-0.3, -0.25) is 9.59 Å². The van der Waals surface area contributed by atoms with E-state index in [1.165, 1.54) is 8.61 Å². The third-order valence-electron chi connectivity index (χ3n) is 9.73. The van der Waals surface area contributed by atoms with E-state index in [9.17, 15) is 57.6 Å². The van der Waals surface area contributed by atoms with Crippen LogP contribution in [0.4, 0.5) is 42.8 Å². The number of amides is 3. The van der Waals surface area contributed by atoms with Gasteiger partial charge in [0.2, 0.25) is 43.5 Å². The van der Waals surface area contributed by atoms with E-state index in [-0.39, 0.29) is 101 Å². The summed E-state index contributed by atoms with van der Waals surface area (Å²) in [5.41, 5.74) is 0.262. The minimum Gasteiger partial charge on any atom is -0.465 e. The molecule has 2 aromatic rings. The van der Waals surface area contributed by atoms with Gasteiger partial charge in [-0.25, -0.2) is 40.2 Å². The topological polar surface area (TPSA) is 221 Å². The summed E-state index contributed by atoms with van der Waals surface area (Å²) >= 11 is 0. The lowest BCUT2D eigenvalue weighted by molar-refractivity contribution is -0.148. The number of nitrogens with zero attached hydrogens (tertiary/aromatic N) is 7. The Balaban J connectivity index is 0.000000246. The molecular formula is C29H41ClF6N10O8S2. The number of hydrogen-bond acceptors (Lipinski definition) is 10. The number of nitrogens with one attached hydrogen (secondary N) is 3. The lowest BCUT2D eigenvalue weighted by atomic mass is 9.97. The van der Waals surface area contributed by atoms with Crippen molar-refractivity contribution >= 4 is 62.0 Å². The molecule has 0 unspecified atom stereocenters. The van der Waals surface area contributed by atoms with Crippen molar-refractivity contribution in [1.82, 2.24) is 37.9 Å². The van der Waals surface area contributed by atoms with Crippen molar-refractivity contribution in [3.63, 3.8) is 0 Å². The number of piperidine rings is 2. The van der Waals surface area contributed by atoms with Gasteiger partial charge in [0.15, 0.2) is 11.6 Å². The maximum absolute atomic E-state index is 13.3. The largest absolute Gasteiger partial charge is 0.465 e. The molecular weight excluding hydrogens is 830 g/mol. The molecule has 0 aromatic carbocycles. The summed E-state index contributed by atoms with van der Waals surface area (Å²) in [7, 11) is -6.68. The van der Waals surface area contributed by atoms with Crippen LogP contribution in [0.1, 0.15) is 48.7 Å². The Morgan fingerprint density at radius 3 is 1.50 bits per heavy atom. The van der Waals surface area contributed by atoms with Gasteiger partial charge in [-0.1, -0.05) is 0 Å². The zero-order chi connectivity index (χ0) is 40.7. The van der Waals surface area contributed by atoms with E-state index in [0.717, 1.165) is 26.5 Å². The van der Waals surface area contributed by atoms with Crippen LogP contribution in [0.25, 0.3) is 0 Å². The van der Waals surface area contributed by atoms with Gasteiger partial charge < -0.3 is 35.1 Å². The Morgan fingerprint density at radius 1 is 0.696 bits per heavy atom. The molecule has 0 bridgehead atoms. The van der Waals surface area contributed by atoms with Crippen LogP contribution in [-0.2, 0) is 68.2 Å². The van der Waals surface area contributed by atoms with Crippen molar-refractivity contribution in [2.24, 2.45) is 11.8 Å². The molecule has 0 aliphatic carbocycles. The third kappa shape index (κ3) is 10.4. The molecule has 6 rings (SSSR count). The zero-order valence-corrected chi connectivity index (χ0v) is 32.4. The minimum absolute atomic E-state index is 0. The number of anilines is 2. The smallest absolute Gasteiger partial charge is 0.449 e. The van der Waals surface area contributed by atoms with E-state index in [0.29, 0.717) is 25.1 Å². The van der Waals surface area contributed by atoms with Crippen molar-refractivity contribution < 1.29 is 62.7 Å². The van der Waals surface area contributed by atoms with Crippen molar-refractivity contribution in [3.05, 3.63) is 23.0 Å². The molecule has 6 heterocycles. The molecule has 2 aromatic heterocycles. The van der Waals surface area contributed by atoms with E-state index in [2.05, 4.69) is 25.9 Å². The number of carbonyl (C=O) groups excluding carboxylic acids is 2. The molecule has 2 fully saturated rings. The lowest BCUT2D eigenvalue weighted by Gasteiger charge is -2.29. The molecule has 0 atom stereocenters. The quantitative estimate of drug-likeness (QED) is 0.308. The van der Waals surface area contributed by atoms with E-state index in [4.69, 9.17) is 5.11 Å². The zero-order valence-electron chi connectivity index (χ0n) is 30.0. The monoisotopic (exact) mass is 870 g/mol. The fourth-order valence-corrected chi connectivity index (χ4v) is 8.55. The average molecular weight is 871 g/mol. The number of imidazole rings is 2. The highest BCUT2D eigenvalue weighted by atomic mass is 35.5. The van der Waals surface area contributed by atoms with Crippen LogP contribution in [-0.4, -0.2) is 124 Å². The van der Waals surface area contributed by atoms with Crippen molar-refractivity contribution in [3.8, 4) is 0 Å². The van der Waals surface area contributed by atoms with Crippen molar-refractivity contribution in [1.29, 1.82) is 0 Å². The van der Waals surface area contributed by atoms with Crippen LogP contribution in [0, 0.1) is 11.8 Å². The molecule has 0 radical (unpaired) electrons. The molecule has 2 saturated heterocycles. The second kappa shape index (κ2) is 17.0. The Kier molecular flexibility index (Phi) is 13.7. The van der Waals surface area contributed by atoms with Gasteiger partial charge in [-0.15, -0.1) is 12.4 Å². The highest BCUT2D eigenvalue weighted by molar-refractivity contribution is 7.88. The van der Waals surface area contributed by atoms with Gasteiger partial charge in [0.25, 0.3) is 0 Å². The predicted octanol–water partition coefficient (Wildman–Crippen LogP) is 2.04. The van der Waals surface area contributed by atoms with Crippen molar-refractivity contribution in [2.45, 2.75) is 64.2 Å². The molecule has 0 spiro atoms.